The van der Waals surface area contributed by atoms with Crippen LogP contribution < -0.4 is 10.1 Å². The number of hydrogen-bond donors (Lipinski definition) is 1. The van der Waals surface area contributed by atoms with Crippen LogP contribution in [-0.4, -0.2) is 29.2 Å². The summed E-state index contributed by atoms with van der Waals surface area (Å²) in [6, 6.07) is 7.89. The summed E-state index contributed by atoms with van der Waals surface area (Å²) in [5.74, 6) is 2.64. The first-order chi connectivity index (χ1) is 12.5. The number of carbonyl (C=O) groups excluding carboxylic acids is 1. The molecule has 0 radical (unpaired) electrons. The van der Waals surface area contributed by atoms with Crippen molar-refractivity contribution in [3.63, 3.8) is 0 Å². The molecule has 2 aromatic rings. The summed E-state index contributed by atoms with van der Waals surface area (Å²) in [6.45, 7) is 8.91. The lowest BCUT2D eigenvalue weighted by atomic mass is 9.98. The van der Waals surface area contributed by atoms with Gasteiger partial charge in [0, 0.05) is 18.9 Å². The van der Waals surface area contributed by atoms with Crippen LogP contribution in [0.1, 0.15) is 69.7 Å². The Morgan fingerprint density at radius 2 is 2.04 bits per heavy atom. The second kappa shape index (κ2) is 9.94. The van der Waals surface area contributed by atoms with E-state index < -0.39 is 0 Å². The van der Waals surface area contributed by atoms with E-state index in [0.29, 0.717) is 24.8 Å². The van der Waals surface area contributed by atoms with Crippen LogP contribution in [0.2, 0.25) is 0 Å². The van der Waals surface area contributed by atoms with Crippen LogP contribution in [0, 0.1) is 0 Å². The van der Waals surface area contributed by atoms with Gasteiger partial charge in [-0.15, -0.1) is 0 Å². The fraction of sp³-hybridized carbons (Fsp3) is 0.550. The number of carbonyl (C=O) groups is 1. The molecule has 1 N–H and O–H groups in total. The normalized spacial score (nSPS) is 12.2. The summed E-state index contributed by atoms with van der Waals surface area (Å²) in [6.07, 6.45) is 2.42. The number of nitrogens with zero attached hydrogens (tertiary/aromatic N) is 2. The second-order valence-electron chi connectivity index (χ2n) is 6.79. The summed E-state index contributed by atoms with van der Waals surface area (Å²) < 4.78 is 10.9. The fourth-order valence-corrected chi connectivity index (χ4v) is 2.50. The van der Waals surface area contributed by atoms with E-state index >= 15 is 0 Å². The zero-order valence-electron chi connectivity index (χ0n) is 16.1. The second-order valence-corrected chi connectivity index (χ2v) is 6.79. The standard InChI is InChI=1S/C20H29N3O3/c1-5-15(4)16-9-6-7-10-17(16)25-13-18(24)21-12-8-11-19-22-20(14(2)3)23-26-19/h6-7,9-10,14-15H,5,8,11-13H2,1-4H3,(H,21,24). The summed E-state index contributed by atoms with van der Waals surface area (Å²) in [4.78, 5) is 16.3. The molecule has 0 fully saturated rings. The molecule has 1 aromatic carbocycles. The van der Waals surface area contributed by atoms with Crippen molar-refractivity contribution in [1.29, 1.82) is 0 Å². The average Bonchev–Trinajstić information content (AvgIpc) is 3.12. The minimum Gasteiger partial charge on any atom is -0.483 e. The number of nitrogens with one attached hydrogen (secondary N) is 1. The van der Waals surface area contributed by atoms with Crippen molar-refractivity contribution < 1.29 is 14.1 Å². The average molecular weight is 359 g/mol. The largest absolute Gasteiger partial charge is 0.483 e. The van der Waals surface area contributed by atoms with Crippen molar-refractivity contribution in [2.45, 2.75) is 58.8 Å². The molecule has 6 nitrogen and oxygen atoms in total. The molecule has 1 amide bonds. The molecule has 0 saturated heterocycles. The first-order valence-corrected chi connectivity index (χ1v) is 9.32. The smallest absolute Gasteiger partial charge is 0.257 e. The Morgan fingerprint density at radius 3 is 2.73 bits per heavy atom. The molecule has 0 spiro atoms. The number of aromatic nitrogens is 2. The van der Waals surface area contributed by atoms with Crippen molar-refractivity contribution in [1.82, 2.24) is 15.5 Å². The SMILES string of the molecule is CCC(C)c1ccccc1OCC(=O)NCCCc1nc(C(C)C)no1. The van der Waals surface area contributed by atoms with Gasteiger partial charge in [-0.25, -0.2) is 0 Å². The maximum atomic E-state index is 12.0. The van der Waals surface area contributed by atoms with Crippen LogP contribution in [-0.2, 0) is 11.2 Å². The molecule has 1 atom stereocenters. The number of amides is 1. The Labute approximate surface area is 155 Å². The Bertz CT molecular complexity index is 697. The zero-order chi connectivity index (χ0) is 18.9. The maximum Gasteiger partial charge on any atom is 0.257 e. The summed E-state index contributed by atoms with van der Waals surface area (Å²) >= 11 is 0. The predicted octanol–water partition coefficient (Wildman–Crippen LogP) is 3.83. The Kier molecular flexibility index (Phi) is 7.63. The van der Waals surface area contributed by atoms with Crippen LogP contribution in [0.25, 0.3) is 0 Å². The quantitative estimate of drug-likeness (QED) is 0.652. The predicted molar refractivity (Wildman–Crippen MR) is 100 cm³/mol. The van der Waals surface area contributed by atoms with Crippen molar-refractivity contribution >= 4 is 5.91 Å². The van der Waals surface area contributed by atoms with Crippen molar-refractivity contribution in [2.24, 2.45) is 0 Å². The highest BCUT2D eigenvalue weighted by Gasteiger charge is 2.12. The van der Waals surface area contributed by atoms with Gasteiger partial charge in [0.25, 0.3) is 5.91 Å². The molecule has 0 bridgehead atoms. The van der Waals surface area contributed by atoms with Gasteiger partial charge in [-0.1, -0.05) is 51.1 Å². The third-order valence-electron chi connectivity index (χ3n) is 4.31. The van der Waals surface area contributed by atoms with Gasteiger partial charge in [0.2, 0.25) is 5.89 Å². The van der Waals surface area contributed by atoms with E-state index in [1.807, 2.05) is 32.0 Å². The highest BCUT2D eigenvalue weighted by molar-refractivity contribution is 5.77. The highest BCUT2D eigenvalue weighted by atomic mass is 16.5. The molecular weight excluding hydrogens is 330 g/mol. The number of aryl methyl sites for hydroxylation is 1. The third-order valence-corrected chi connectivity index (χ3v) is 4.31. The minimum absolute atomic E-state index is 0.0193. The van der Waals surface area contributed by atoms with Crippen LogP contribution in [0.5, 0.6) is 5.75 Å². The first kappa shape index (κ1) is 19.9. The molecule has 2 rings (SSSR count). The molecule has 26 heavy (non-hydrogen) atoms. The van der Waals surface area contributed by atoms with E-state index in [1.165, 1.54) is 0 Å². The van der Waals surface area contributed by atoms with Crippen LogP contribution in [0.3, 0.4) is 0 Å². The van der Waals surface area contributed by atoms with Crippen molar-refractivity contribution in [3.8, 4) is 5.75 Å². The molecule has 142 valence electrons. The lowest BCUT2D eigenvalue weighted by Gasteiger charge is -2.15. The molecule has 0 aliphatic heterocycles. The lowest BCUT2D eigenvalue weighted by Crippen LogP contribution is -2.30. The fourth-order valence-electron chi connectivity index (χ4n) is 2.50. The number of ether oxygens (including phenoxy) is 1. The van der Waals surface area contributed by atoms with E-state index in [4.69, 9.17) is 9.26 Å². The van der Waals surface area contributed by atoms with Gasteiger partial charge in [0.1, 0.15) is 5.75 Å². The molecular formula is C20H29N3O3. The molecule has 6 heteroatoms. The van der Waals surface area contributed by atoms with Gasteiger partial charge >= 0.3 is 0 Å². The monoisotopic (exact) mass is 359 g/mol. The van der Waals surface area contributed by atoms with Gasteiger partial charge < -0.3 is 14.6 Å². The van der Waals surface area contributed by atoms with E-state index in [-0.39, 0.29) is 18.4 Å². The van der Waals surface area contributed by atoms with E-state index in [2.05, 4.69) is 35.4 Å². The number of benzene rings is 1. The van der Waals surface area contributed by atoms with Crippen LogP contribution in [0.4, 0.5) is 0 Å². The highest BCUT2D eigenvalue weighted by Crippen LogP contribution is 2.28. The van der Waals surface area contributed by atoms with Gasteiger partial charge in [0.15, 0.2) is 12.4 Å². The molecule has 0 aliphatic carbocycles. The first-order valence-electron chi connectivity index (χ1n) is 9.32. The van der Waals surface area contributed by atoms with Crippen molar-refractivity contribution in [2.75, 3.05) is 13.2 Å². The van der Waals surface area contributed by atoms with Gasteiger partial charge in [-0.05, 0) is 30.4 Å². The van der Waals surface area contributed by atoms with Gasteiger partial charge in [-0.3, -0.25) is 4.79 Å². The van der Waals surface area contributed by atoms with Crippen LogP contribution >= 0.6 is 0 Å². The summed E-state index contributed by atoms with van der Waals surface area (Å²) in [5.41, 5.74) is 1.14. The number of para-hydroxylation sites is 1. The van der Waals surface area contributed by atoms with Crippen LogP contribution in [0.15, 0.2) is 28.8 Å². The Hall–Kier alpha value is -2.37. The molecule has 1 aromatic heterocycles. The topological polar surface area (TPSA) is 77.2 Å². The van der Waals surface area contributed by atoms with Crippen molar-refractivity contribution in [3.05, 3.63) is 41.5 Å². The van der Waals surface area contributed by atoms with E-state index in [9.17, 15) is 4.79 Å². The molecule has 1 heterocycles. The number of rotatable bonds is 10. The minimum atomic E-state index is -0.127. The Balaban J connectivity index is 1.71. The lowest BCUT2D eigenvalue weighted by molar-refractivity contribution is -0.123. The van der Waals surface area contributed by atoms with Gasteiger partial charge in [0.05, 0.1) is 0 Å². The molecule has 1 unspecified atom stereocenters. The number of hydrogen-bond acceptors (Lipinski definition) is 5. The maximum absolute atomic E-state index is 12.0. The summed E-state index contributed by atoms with van der Waals surface area (Å²) in [7, 11) is 0. The summed E-state index contributed by atoms with van der Waals surface area (Å²) in [5, 5.41) is 6.79. The van der Waals surface area contributed by atoms with E-state index in [1.54, 1.807) is 0 Å². The zero-order valence-corrected chi connectivity index (χ0v) is 16.1. The molecule has 0 aliphatic rings. The van der Waals surface area contributed by atoms with E-state index in [0.717, 1.165) is 30.0 Å². The molecule has 0 saturated carbocycles. The van der Waals surface area contributed by atoms with Gasteiger partial charge in [-0.2, -0.15) is 4.98 Å². The third kappa shape index (κ3) is 5.86. The Morgan fingerprint density at radius 1 is 1.27 bits per heavy atom.